The van der Waals surface area contributed by atoms with E-state index in [1.54, 1.807) is 0 Å². The van der Waals surface area contributed by atoms with Crippen LogP contribution < -0.4 is 5.73 Å². The first-order valence-electron chi connectivity index (χ1n) is 7.57. The Morgan fingerprint density at radius 3 is 2.37 bits per heavy atom. The van der Waals surface area contributed by atoms with Gasteiger partial charge in [-0.15, -0.1) is 0 Å². The Morgan fingerprint density at radius 2 is 1.79 bits per heavy atom. The standard InChI is InChI=1S/C17H29NO/c1-3-4-5-6-9-12-17(13-18,14-19)16-11-8-7-10-15(16)2/h7-8,10-11,19H,3-6,9,12-14,18H2,1-2H3. The van der Waals surface area contributed by atoms with Crippen molar-refractivity contribution in [1.29, 1.82) is 0 Å². The zero-order chi connectivity index (χ0) is 14.1. The molecule has 0 radical (unpaired) electrons. The minimum Gasteiger partial charge on any atom is -0.395 e. The summed E-state index contributed by atoms with van der Waals surface area (Å²) in [6.07, 6.45) is 7.22. The molecule has 1 atom stereocenters. The van der Waals surface area contributed by atoms with E-state index in [1.807, 2.05) is 12.1 Å². The zero-order valence-corrected chi connectivity index (χ0v) is 12.5. The first-order chi connectivity index (χ1) is 9.20. The van der Waals surface area contributed by atoms with Crippen molar-refractivity contribution >= 4 is 0 Å². The number of rotatable bonds is 9. The Labute approximate surface area is 118 Å². The minimum absolute atomic E-state index is 0.141. The number of aryl methyl sites for hydroxylation is 1. The molecule has 3 N–H and O–H groups in total. The van der Waals surface area contributed by atoms with Crippen molar-refractivity contribution in [2.75, 3.05) is 13.2 Å². The van der Waals surface area contributed by atoms with E-state index in [1.165, 1.54) is 36.8 Å². The zero-order valence-electron chi connectivity index (χ0n) is 12.5. The van der Waals surface area contributed by atoms with E-state index in [0.29, 0.717) is 6.54 Å². The third-order valence-electron chi connectivity index (χ3n) is 4.17. The molecule has 1 aromatic carbocycles. The monoisotopic (exact) mass is 263 g/mol. The Balaban J connectivity index is 2.71. The van der Waals surface area contributed by atoms with Gasteiger partial charge in [0.1, 0.15) is 0 Å². The fourth-order valence-corrected chi connectivity index (χ4v) is 2.81. The van der Waals surface area contributed by atoms with Crippen LogP contribution >= 0.6 is 0 Å². The summed E-state index contributed by atoms with van der Waals surface area (Å²) in [6.45, 7) is 4.99. The molecule has 19 heavy (non-hydrogen) atoms. The molecule has 0 saturated carbocycles. The summed E-state index contributed by atoms with van der Waals surface area (Å²) < 4.78 is 0. The van der Waals surface area contributed by atoms with Crippen molar-refractivity contribution in [2.24, 2.45) is 5.73 Å². The average Bonchev–Trinajstić information content (AvgIpc) is 2.44. The highest BCUT2D eigenvalue weighted by Crippen LogP contribution is 2.31. The van der Waals surface area contributed by atoms with E-state index in [0.717, 1.165) is 12.8 Å². The van der Waals surface area contributed by atoms with Crippen LogP contribution in [0.4, 0.5) is 0 Å². The average molecular weight is 263 g/mol. The molecule has 0 saturated heterocycles. The first-order valence-corrected chi connectivity index (χ1v) is 7.57. The largest absolute Gasteiger partial charge is 0.395 e. The van der Waals surface area contributed by atoms with Crippen LogP contribution in [-0.4, -0.2) is 18.3 Å². The van der Waals surface area contributed by atoms with Gasteiger partial charge in [0, 0.05) is 12.0 Å². The van der Waals surface area contributed by atoms with Crippen molar-refractivity contribution in [3.05, 3.63) is 35.4 Å². The predicted molar refractivity (Wildman–Crippen MR) is 82.4 cm³/mol. The van der Waals surface area contributed by atoms with Crippen molar-refractivity contribution in [3.8, 4) is 0 Å². The molecular formula is C17H29NO. The lowest BCUT2D eigenvalue weighted by Crippen LogP contribution is -2.39. The fourth-order valence-electron chi connectivity index (χ4n) is 2.81. The highest BCUT2D eigenvalue weighted by Gasteiger charge is 2.30. The van der Waals surface area contributed by atoms with Gasteiger partial charge >= 0.3 is 0 Å². The Morgan fingerprint density at radius 1 is 1.11 bits per heavy atom. The van der Waals surface area contributed by atoms with Crippen LogP contribution in [0.5, 0.6) is 0 Å². The van der Waals surface area contributed by atoms with Crippen LogP contribution in [0.25, 0.3) is 0 Å². The molecule has 0 spiro atoms. The molecule has 0 aliphatic carbocycles. The first kappa shape index (κ1) is 16.2. The second-order valence-electron chi connectivity index (χ2n) is 5.62. The van der Waals surface area contributed by atoms with Gasteiger partial charge < -0.3 is 10.8 Å². The van der Waals surface area contributed by atoms with Crippen LogP contribution in [0.1, 0.15) is 56.6 Å². The van der Waals surface area contributed by atoms with Gasteiger partial charge in [0.05, 0.1) is 6.61 Å². The highest BCUT2D eigenvalue weighted by atomic mass is 16.3. The molecule has 108 valence electrons. The number of unbranched alkanes of at least 4 members (excludes halogenated alkanes) is 4. The molecule has 1 aromatic rings. The van der Waals surface area contributed by atoms with E-state index in [4.69, 9.17) is 5.73 Å². The third kappa shape index (κ3) is 4.32. The van der Waals surface area contributed by atoms with E-state index in [2.05, 4.69) is 26.0 Å². The van der Waals surface area contributed by atoms with Crippen LogP contribution in [-0.2, 0) is 5.41 Å². The molecule has 1 unspecified atom stereocenters. The van der Waals surface area contributed by atoms with Gasteiger partial charge in [0.15, 0.2) is 0 Å². The number of aliphatic hydroxyl groups is 1. The highest BCUT2D eigenvalue weighted by molar-refractivity contribution is 5.34. The van der Waals surface area contributed by atoms with Crippen molar-refractivity contribution in [1.82, 2.24) is 0 Å². The molecule has 1 rings (SSSR count). The summed E-state index contributed by atoms with van der Waals surface area (Å²) >= 11 is 0. The van der Waals surface area contributed by atoms with Gasteiger partial charge in [-0.25, -0.2) is 0 Å². The van der Waals surface area contributed by atoms with E-state index in [9.17, 15) is 5.11 Å². The number of hydrogen-bond donors (Lipinski definition) is 2. The third-order valence-corrected chi connectivity index (χ3v) is 4.17. The summed E-state index contributed by atoms with van der Waals surface area (Å²) in [4.78, 5) is 0. The van der Waals surface area contributed by atoms with Gasteiger partial charge in [-0.1, -0.05) is 63.3 Å². The number of nitrogens with two attached hydrogens (primary N) is 1. The summed E-state index contributed by atoms with van der Waals surface area (Å²) in [5.74, 6) is 0. The number of hydrogen-bond acceptors (Lipinski definition) is 2. The van der Waals surface area contributed by atoms with Gasteiger partial charge in [-0.3, -0.25) is 0 Å². The van der Waals surface area contributed by atoms with Crippen molar-refractivity contribution in [3.63, 3.8) is 0 Å². The molecule has 0 amide bonds. The lowest BCUT2D eigenvalue weighted by molar-refractivity contribution is 0.184. The second kappa shape index (κ2) is 8.34. The lowest BCUT2D eigenvalue weighted by Gasteiger charge is -2.32. The van der Waals surface area contributed by atoms with Gasteiger partial charge in [-0.05, 0) is 24.5 Å². The fraction of sp³-hybridized carbons (Fsp3) is 0.647. The quantitative estimate of drug-likeness (QED) is 0.669. The molecule has 2 heteroatoms. The molecule has 0 bridgehead atoms. The van der Waals surface area contributed by atoms with Crippen LogP contribution in [0.2, 0.25) is 0 Å². The van der Waals surface area contributed by atoms with E-state index < -0.39 is 0 Å². The second-order valence-corrected chi connectivity index (χ2v) is 5.62. The van der Waals surface area contributed by atoms with Gasteiger partial charge in [-0.2, -0.15) is 0 Å². The Bertz CT molecular complexity index is 358. The maximum absolute atomic E-state index is 9.88. The van der Waals surface area contributed by atoms with Crippen LogP contribution in [0.3, 0.4) is 0 Å². The topological polar surface area (TPSA) is 46.2 Å². The smallest absolute Gasteiger partial charge is 0.0540 e. The molecule has 0 aliphatic rings. The summed E-state index contributed by atoms with van der Waals surface area (Å²) in [7, 11) is 0. The molecule has 2 nitrogen and oxygen atoms in total. The van der Waals surface area contributed by atoms with E-state index in [-0.39, 0.29) is 12.0 Å². The number of benzene rings is 1. The molecule has 0 heterocycles. The van der Waals surface area contributed by atoms with Crippen LogP contribution in [0, 0.1) is 6.92 Å². The SMILES string of the molecule is CCCCCCCC(CN)(CO)c1ccccc1C. The predicted octanol–water partition coefficient (Wildman–Crippen LogP) is 3.54. The van der Waals surface area contributed by atoms with Crippen LogP contribution in [0.15, 0.2) is 24.3 Å². The molecule has 0 fully saturated rings. The van der Waals surface area contributed by atoms with Gasteiger partial charge in [0.2, 0.25) is 0 Å². The normalized spacial score (nSPS) is 14.3. The number of aliphatic hydroxyl groups excluding tert-OH is 1. The Hall–Kier alpha value is -0.860. The molecule has 0 aliphatic heterocycles. The van der Waals surface area contributed by atoms with Gasteiger partial charge in [0.25, 0.3) is 0 Å². The summed E-state index contributed by atoms with van der Waals surface area (Å²) in [5.41, 5.74) is 8.20. The van der Waals surface area contributed by atoms with Crippen molar-refractivity contribution in [2.45, 2.75) is 57.8 Å². The van der Waals surface area contributed by atoms with E-state index >= 15 is 0 Å². The van der Waals surface area contributed by atoms with Crippen molar-refractivity contribution < 1.29 is 5.11 Å². The lowest BCUT2D eigenvalue weighted by atomic mass is 9.75. The Kier molecular flexibility index (Phi) is 7.11. The summed E-state index contributed by atoms with van der Waals surface area (Å²) in [5, 5.41) is 9.88. The molecular weight excluding hydrogens is 234 g/mol. The molecule has 0 aromatic heterocycles. The maximum Gasteiger partial charge on any atom is 0.0540 e. The maximum atomic E-state index is 9.88. The minimum atomic E-state index is -0.252. The summed E-state index contributed by atoms with van der Waals surface area (Å²) in [6, 6.07) is 8.30.